The van der Waals surface area contributed by atoms with Crippen LogP contribution in [-0.4, -0.2) is 7.25 Å². The van der Waals surface area contributed by atoms with E-state index in [1.165, 1.54) is 20.9 Å². The maximum atomic E-state index is 9.75. The van der Waals surface area contributed by atoms with Crippen molar-refractivity contribution in [3.05, 3.63) is 118 Å². The maximum Gasteiger partial charge on any atom is 0.673 e. The minimum absolute atomic E-state index is 0.133. The summed E-state index contributed by atoms with van der Waals surface area (Å²) < 4.78 is 39.0. The highest BCUT2D eigenvalue weighted by atomic mass is 32.1. The number of hydrogen-bond acceptors (Lipinski definition) is 1. The average molecular weight is 566 g/mol. The van der Waals surface area contributed by atoms with Crippen LogP contribution in [0.2, 0.25) is 0 Å². The van der Waals surface area contributed by atoms with E-state index in [2.05, 4.69) is 156 Å². The van der Waals surface area contributed by atoms with Gasteiger partial charge in [0.15, 0.2) is 0 Å². The lowest BCUT2D eigenvalue weighted by Crippen LogP contribution is -2.14. The number of para-hydroxylation sites is 2. The maximum absolute atomic E-state index is 9.75. The molecule has 0 saturated heterocycles. The van der Waals surface area contributed by atoms with Crippen LogP contribution in [0.4, 0.5) is 34.3 Å². The van der Waals surface area contributed by atoms with Gasteiger partial charge in [-0.1, -0.05) is 102 Å². The fourth-order valence-electron chi connectivity index (χ4n) is 3.89. The van der Waals surface area contributed by atoms with Crippen molar-refractivity contribution in [2.75, 3.05) is 4.90 Å². The normalized spacial score (nSPS) is 12.2. The van der Waals surface area contributed by atoms with E-state index in [9.17, 15) is 17.3 Å². The molecule has 0 fully saturated rings. The molecular weight excluding hydrogens is 529 g/mol. The molecule has 40 heavy (non-hydrogen) atoms. The molecule has 0 aliphatic rings. The first-order chi connectivity index (χ1) is 18.6. The lowest BCUT2D eigenvalue weighted by atomic mass is 9.91. The largest absolute Gasteiger partial charge is 0.673 e. The third-order valence-corrected chi connectivity index (χ3v) is 7.84. The van der Waals surface area contributed by atoms with E-state index in [4.69, 9.17) is 0 Å². The number of benzene rings is 3. The predicted octanol–water partition coefficient (Wildman–Crippen LogP) is 11.6. The Kier molecular flexibility index (Phi) is 9.96. The highest BCUT2D eigenvalue weighted by Crippen LogP contribution is 2.36. The summed E-state index contributed by atoms with van der Waals surface area (Å²) >= 11 is 1.93. The third-order valence-electron chi connectivity index (χ3n) is 5.94. The number of anilines is 3. The molecule has 0 atom stereocenters. The van der Waals surface area contributed by atoms with Crippen LogP contribution in [0.25, 0.3) is 12.2 Å². The van der Waals surface area contributed by atoms with Crippen LogP contribution in [-0.2, 0) is 10.8 Å². The Balaban J connectivity index is 0.000000810. The molecule has 4 rings (SSSR count). The number of rotatable bonds is 5. The zero-order valence-electron chi connectivity index (χ0n) is 23.8. The SMILES string of the molecule is CC(C)(C)c1cc(/C=C/c2ccc(N(c3ccccc3)c3ccccc3)cc2)cc(C(C)(C)C)[s+]1.F[B-](F)(F)F. The molecule has 1 heterocycles. The molecule has 210 valence electrons. The van der Waals surface area contributed by atoms with E-state index >= 15 is 0 Å². The van der Waals surface area contributed by atoms with Crippen LogP contribution in [0.3, 0.4) is 0 Å². The molecule has 0 unspecified atom stereocenters. The molecule has 4 aromatic rings. The average Bonchev–Trinajstić information content (AvgIpc) is 2.87. The number of hydrogen-bond donors (Lipinski definition) is 0. The Hall–Kier alpha value is -3.45. The summed E-state index contributed by atoms with van der Waals surface area (Å²) in [6.45, 7) is 13.8. The quantitative estimate of drug-likeness (QED) is 0.132. The zero-order chi connectivity index (χ0) is 29.6. The van der Waals surface area contributed by atoms with Gasteiger partial charge in [-0.2, -0.15) is 0 Å². The smallest absolute Gasteiger partial charge is 0.418 e. The van der Waals surface area contributed by atoms with Gasteiger partial charge in [-0.05, 0) is 47.5 Å². The Morgan fingerprint density at radius 3 is 1.27 bits per heavy atom. The summed E-state index contributed by atoms with van der Waals surface area (Å²) in [4.78, 5) is 5.12. The van der Waals surface area contributed by atoms with Gasteiger partial charge in [0.1, 0.15) is 0 Å². The molecule has 0 aliphatic carbocycles. The second-order valence-electron chi connectivity index (χ2n) is 11.5. The Labute approximate surface area is 239 Å². The summed E-state index contributed by atoms with van der Waals surface area (Å²) in [6.07, 6.45) is 4.47. The molecule has 0 radical (unpaired) electrons. The van der Waals surface area contributed by atoms with Crippen LogP contribution in [0, 0.1) is 0 Å². The van der Waals surface area contributed by atoms with Crippen molar-refractivity contribution < 1.29 is 17.3 Å². The molecule has 1 nitrogen and oxygen atoms in total. The van der Waals surface area contributed by atoms with Gasteiger partial charge in [-0.3, -0.25) is 0 Å². The Morgan fingerprint density at radius 2 is 0.900 bits per heavy atom. The van der Waals surface area contributed by atoms with Gasteiger partial charge in [0.2, 0.25) is 21.1 Å². The van der Waals surface area contributed by atoms with Crippen molar-refractivity contribution >= 4 is 47.8 Å². The number of nitrogens with zero attached hydrogens (tertiary/aromatic N) is 1. The summed E-state index contributed by atoms with van der Waals surface area (Å²) in [5.41, 5.74) is 6.16. The van der Waals surface area contributed by atoms with Crippen LogP contribution in [0.1, 0.15) is 62.4 Å². The molecule has 0 spiro atoms. The topological polar surface area (TPSA) is 3.24 Å². The van der Waals surface area contributed by atoms with Crippen molar-refractivity contribution in [1.82, 2.24) is 0 Å². The fourth-order valence-corrected chi connectivity index (χ4v) is 5.12. The molecule has 3 aromatic carbocycles. The van der Waals surface area contributed by atoms with Crippen LogP contribution in [0.15, 0.2) is 97.1 Å². The van der Waals surface area contributed by atoms with Gasteiger partial charge in [0.25, 0.3) is 0 Å². The Morgan fingerprint density at radius 1 is 0.550 bits per heavy atom. The number of halogens is 4. The van der Waals surface area contributed by atoms with Crippen molar-refractivity contribution in [3.8, 4) is 0 Å². The monoisotopic (exact) mass is 565 g/mol. The van der Waals surface area contributed by atoms with Crippen molar-refractivity contribution in [3.63, 3.8) is 0 Å². The molecule has 0 N–H and O–H groups in total. The minimum Gasteiger partial charge on any atom is -0.418 e. The molecule has 0 bridgehead atoms. The van der Waals surface area contributed by atoms with Gasteiger partial charge in [-0.15, -0.1) is 0 Å². The van der Waals surface area contributed by atoms with Crippen molar-refractivity contribution in [2.24, 2.45) is 0 Å². The van der Waals surface area contributed by atoms with Gasteiger partial charge in [0, 0.05) is 40.0 Å². The summed E-state index contributed by atoms with van der Waals surface area (Å²) in [5, 5.41) is 0. The van der Waals surface area contributed by atoms with Gasteiger partial charge in [-0.25, -0.2) is 0 Å². The lowest BCUT2D eigenvalue weighted by Gasteiger charge is -2.25. The van der Waals surface area contributed by atoms with Gasteiger partial charge in [0.05, 0.1) is 0 Å². The van der Waals surface area contributed by atoms with E-state index in [0.717, 1.165) is 17.1 Å². The van der Waals surface area contributed by atoms with Gasteiger partial charge < -0.3 is 22.2 Å². The first-order valence-electron chi connectivity index (χ1n) is 13.2. The van der Waals surface area contributed by atoms with E-state index in [0.29, 0.717) is 0 Å². The fraction of sp³-hybridized carbons (Fsp3) is 0.242. The molecule has 1 aromatic heterocycles. The summed E-state index contributed by atoms with van der Waals surface area (Å²) in [6, 6.07) is 34.5. The third kappa shape index (κ3) is 9.63. The van der Waals surface area contributed by atoms with Crippen LogP contribution >= 0.6 is 11.3 Å². The van der Waals surface area contributed by atoms with Crippen LogP contribution < -0.4 is 4.90 Å². The second-order valence-corrected chi connectivity index (χ2v) is 12.6. The Bertz CT molecular complexity index is 1310. The second kappa shape index (κ2) is 12.8. The molecule has 0 aliphatic heterocycles. The molecular formula is C33H36BF4NS. The lowest BCUT2D eigenvalue weighted by molar-refractivity contribution is 0.368. The van der Waals surface area contributed by atoms with Crippen LogP contribution in [0.5, 0.6) is 0 Å². The van der Waals surface area contributed by atoms with E-state index in [1.807, 2.05) is 11.3 Å². The predicted molar refractivity (Wildman–Crippen MR) is 166 cm³/mol. The molecule has 7 heteroatoms. The summed E-state index contributed by atoms with van der Waals surface area (Å²) in [5.74, 6) is 0. The molecule has 0 saturated carbocycles. The standard InChI is InChI=1S/C33H36NS.BF4/c1-32(2,3)30-23-26(24-31(35-30)33(4,5)6)18-17-25-19-21-29(22-20-25)34(27-13-9-7-10-14-27)28-15-11-8-12-16-28;2-1(3,4)5/h7-24H,1-6H3;/q+1;-1/b18-17+;. The molecule has 0 amide bonds. The van der Waals surface area contributed by atoms with E-state index < -0.39 is 7.25 Å². The first kappa shape index (κ1) is 31.1. The van der Waals surface area contributed by atoms with Crippen molar-refractivity contribution in [2.45, 2.75) is 52.4 Å². The van der Waals surface area contributed by atoms with Gasteiger partial charge >= 0.3 is 7.25 Å². The first-order valence-corrected chi connectivity index (χ1v) is 14.0. The highest BCUT2D eigenvalue weighted by molar-refractivity contribution is 7.12. The zero-order valence-corrected chi connectivity index (χ0v) is 24.7. The highest BCUT2D eigenvalue weighted by Gasteiger charge is 2.31. The van der Waals surface area contributed by atoms with E-state index in [1.54, 1.807) is 0 Å². The van der Waals surface area contributed by atoms with E-state index in [-0.39, 0.29) is 10.8 Å². The van der Waals surface area contributed by atoms with Crippen molar-refractivity contribution in [1.29, 1.82) is 0 Å². The summed E-state index contributed by atoms with van der Waals surface area (Å²) in [7, 11) is -6.00. The minimum atomic E-state index is -6.00.